The van der Waals surface area contributed by atoms with Crippen molar-refractivity contribution in [2.24, 2.45) is 0 Å². The van der Waals surface area contributed by atoms with Crippen LogP contribution in [0.2, 0.25) is 0 Å². The fraction of sp³-hybridized carbons (Fsp3) is 0.562. The highest BCUT2D eigenvalue weighted by atomic mass is 32.2. The first-order valence-electron chi connectivity index (χ1n) is 7.64. The van der Waals surface area contributed by atoms with Gasteiger partial charge in [-0.05, 0) is 31.9 Å². The molecule has 1 atom stereocenters. The summed E-state index contributed by atoms with van der Waals surface area (Å²) in [4.78, 5) is 13.9. The first-order valence-corrected chi connectivity index (χ1v) is 9.59. The van der Waals surface area contributed by atoms with Crippen LogP contribution in [0.5, 0.6) is 0 Å². The predicted molar refractivity (Wildman–Crippen MR) is 83.5 cm³/mol. The van der Waals surface area contributed by atoms with Crippen LogP contribution in [-0.4, -0.2) is 36.8 Å². The summed E-state index contributed by atoms with van der Waals surface area (Å²) in [5.74, 6) is -2.05. The molecule has 0 unspecified atom stereocenters. The van der Waals surface area contributed by atoms with E-state index in [4.69, 9.17) is 0 Å². The number of hydrogen-bond donors (Lipinski definition) is 0. The Bertz CT molecular complexity index is 664. The van der Waals surface area contributed by atoms with Gasteiger partial charge in [-0.2, -0.15) is 0 Å². The van der Waals surface area contributed by atoms with Crippen LogP contribution in [-0.2, 0) is 21.2 Å². The molecular weight excluding hydrogens is 324 g/mol. The van der Waals surface area contributed by atoms with Gasteiger partial charge in [-0.1, -0.05) is 18.9 Å². The Labute approximate surface area is 135 Å². The third-order valence-corrected chi connectivity index (χ3v) is 5.91. The Morgan fingerprint density at radius 1 is 1.26 bits per heavy atom. The van der Waals surface area contributed by atoms with E-state index in [1.165, 1.54) is 17.9 Å². The quantitative estimate of drug-likeness (QED) is 0.824. The summed E-state index contributed by atoms with van der Waals surface area (Å²) in [5.41, 5.74) is -0.201. The fourth-order valence-corrected chi connectivity index (χ4v) is 3.37. The molecule has 128 valence electrons. The summed E-state index contributed by atoms with van der Waals surface area (Å²) in [7, 11) is -3.57. The molecule has 0 heterocycles. The van der Waals surface area contributed by atoms with Crippen molar-refractivity contribution in [3.63, 3.8) is 0 Å². The molecule has 0 bridgehead atoms. The van der Waals surface area contributed by atoms with E-state index in [-0.39, 0.29) is 18.2 Å². The smallest absolute Gasteiger partial charge is 0.241 e. The van der Waals surface area contributed by atoms with Gasteiger partial charge in [-0.15, -0.1) is 0 Å². The summed E-state index contributed by atoms with van der Waals surface area (Å²) < 4.78 is 51.2. The second-order valence-electron chi connectivity index (χ2n) is 6.08. The molecule has 7 heteroatoms. The zero-order chi connectivity index (χ0) is 17.2. The highest BCUT2D eigenvalue weighted by Crippen LogP contribution is 2.27. The normalized spacial score (nSPS) is 17.2. The summed E-state index contributed by atoms with van der Waals surface area (Å²) in [5, 5.41) is -1.22. The minimum Gasteiger partial charge on any atom is -0.334 e. The molecule has 1 aromatic rings. The summed E-state index contributed by atoms with van der Waals surface area (Å²) in [6.45, 7) is 1.07. The molecular formula is C16H21F2NO3S. The topological polar surface area (TPSA) is 54.5 Å². The van der Waals surface area contributed by atoms with Gasteiger partial charge in [0.2, 0.25) is 5.91 Å². The van der Waals surface area contributed by atoms with Gasteiger partial charge < -0.3 is 4.90 Å². The van der Waals surface area contributed by atoms with Crippen LogP contribution in [0.15, 0.2) is 18.2 Å². The van der Waals surface area contributed by atoms with Crippen molar-refractivity contribution in [2.75, 3.05) is 6.26 Å². The Morgan fingerprint density at radius 2 is 1.78 bits per heavy atom. The van der Waals surface area contributed by atoms with Gasteiger partial charge in [-0.3, -0.25) is 4.79 Å². The monoisotopic (exact) mass is 345 g/mol. The van der Waals surface area contributed by atoms with Gasteiger partial charge in [0.05, 0.1) is 6.54 Å². The molecule has 0 aliphatic heterocycles. The van der Waals surface area contributed by atoms with Gasteiger partial charge in [-0.25, -0.2) is 17.2 Å². The largest absolute Gasteiger partial charge is 0.334 e. The maximum absolute atomic E-state index is 13.9. The lowest BCUT2D eigenvalue weighted by Crippen LogP contribution is -2.45. The number of sulfone groups is 1. The Morgan fingerprint density at radius 3 is 2.26 bits per heavy atom. The van der Waals surface area contributed by atoms with Crippen molar-refractivity contribution >= 4 is 15.7 Å². The number of halogens is 2. The molecule has 2 rings (SSSR count). The van der Waals surface area contributed by atoms with Crippen LogP contribution in [0.4, 0.5) is 8.78 Å². The minimum atomic E-state index is -3.57. The van der Waals surface area contributed by atoms with Crippen LogP contribution < -0.4 is 0 Å². The van der Waals surface area contributed by atoms with E-state index in [0.717, 1.165) is 44.1 Å². The molecule has 1 aromatic carbocycles. The van der Waals surface area contributed by atoms with E-state index in [9.17, 15) is 22.0 Å². The zero-order valence-electron chi connectivity index (χ0n) is 13.3. The average Bonchev–Trinajstić information content (AvgIpc) is 2.98. The van der Waals surface area contributed by atoms with Crippen LogP contribution >= 0.6 is 0 Å². The molecule has 1 aliphatic carbocycles. The van der Waals surface area contributed by atoms with Crippen molar-refractivity contribution in [3.05, 3.63) is 35.4 Å². The summed E-state index contributed by atoms with van der Waals surface area (Å²) >= 11 is 0. The van der Waals surface area contributed by atoms with E-state index < -0.39 is 32.6 Å². The van der Waals surface area contributed by atoms with Crippen molar-refractivity contribution in [3.8, 4) is 0 Å². The predicted octanol–water partition coefficient (Wildman–Crippen LogP) is 2.67. The number of benzene rings is 1. The maximum atomic E-state index is 13.9. The number of hydrogen-bond acceptors (Lipinski definition) is 3. The van der Waals surface area contributed by atoms with Crippen LogP contribution in [0.1, 0.15) is 38.2 Å². The Kier molecular flexibility index (Phi) is 5.39. The first kappa shape index (κ1) is 17.8. The molecule has 1 amide bonds. The summed E-state index contributed by atoms with van der Waals surface area (Å²) in [6, 6.07) is 3.35. The second-order valence-corrected chi connectivity index (χ2v) is 8.44. The van der Waals surface area contributed by atoms with Crippen molar-refractivity contribution in [1.82, 2.24) is 4.90 Å². The van der Waals surface area contributed by atoms with E-state index in [1.54, 1.807) is 0 Å². The lowest BCUT2D eigenvalue weighted by Gasteiger charge is -2.31. The first-order chi connectivity index (χ1) is 10.7. The minimum absolute atomic E-state index is 0.175. The molecule has 0 saturated heterocycles. The molecule has 0 N–H and O–H groups in total. The number of carbonyl (C=O) groups is 1. The third-order valence-electron chi connectivity index (χ3n) is 4.43. The van der Waals surface area contributed by atoms with Gasteiger partial charge in [0.25, 0.3) is 0 Å². The second kappa shape index (κ2) is 6.95. The summed E-state index contributed by atoms with van der Waals surface area (Å²) in [6.07, 6.45) is 4.27. The highest BCUT2D eigenvalue weighted by molar-refractivity contribution is 7.92. The number of nitrogens with zero attached hydrogens (tertiary/aromatic N) is 1. The Balaban J connectivity index is 2.33. The van der Waals surface area contributed by atoms with Crippen LogP contribution in [0, 0.1) is 11.6 Å². The van der Waals surface area contributed by atoms with Gasteiger partial charge in [0, 0.05) is 17.9 Å². The van der Waals surface area contributed by atoms with Crippen molar-refractivity contribution in [1.29, 1.82) is 0 Å². The third kappa shape index (κ3) is 4.07. The van der Waals surface area contributed by atoms with E-state index in [1.807, 2.05) is 0 Å². The SMILES string of the molecule is C[C@H](C(=O)N(Cc1c(F)cccc1F)C1CCCC1)S(C)(=O)=O. The molecule has 0 spiro atoms. The molecule has 0 aromatic heterocycles. The molecule has 1 fully saturated rings. The highest BCUT2D eigenvalue weighted by Gasteiger charge is 2.34. The van der Waals surface area contributed by atoms with Crippen molar-refractivity contribution < 1.29 is 22.0 Å². The Hall–Kier alpha value is -1.50. The molecule has 1 aliphatic rings. The molecule has 4 nitrogen and oxygen atoms in total. The maximum Gasteiger partial charge on any atom is 0.241 e. The van der Waals surface area contributed by atoms with E-state index >= 15 is 0 Å². The van der Waals surface area contributed by atoms with Crippen molar-refractivity contribution in [2.45, 2.75) is 50.4 Å². The fourth-order valence-electron chi connectivity index (χ4n) is 2.87. The van der Waals surface area contributed by atoms with Crippen LogP contribution in [0.25, 0.3) is 0 Å². The standard InChI is InChI=1S/C16H21F2NO3S/c1-11(23(2,21)22)16(20)19(12-6-3-4-7-12)10-13-14(17)8-5-9-15(13)18/h5,8-9,11-12H,3-4,6-7,10H2,1-2H3/t11-/m1/s1. The number of rotatable bonds is 5. The lowest BCUT2D eigenvalue weighted by molar-refractivity contribution is -0.133. The lowest BCUT2D eigenvalue weighted by atomic mass is 10.1. The average molecular weight is 345 g/mol. The number of carbonyl (C=O) groups excluding carboxylic acids is 1. The van der Waals surface area contributed by atoms with Gasteiger partial charge >= 0.3 is 0 Å². The molecule has 1 saturated carbocycles. The molecule has 0 radical (unpaired) electrons. The van der Waals surface area contributed by atoms with E-state index in [0.29, 0.717) is 0 Å². The number of amides is 1. The molecule has 23 heavy (non-hydrogen) atoms. The van der Waals surface area contributed by atoms with Gasteiger partial charge in [0.1, 0.15) is 16.9 Å². The van der Waals surface area contributed by atoms with E-state index in [2.05, 4.69) is 0 Å². The zero-order valence-corrected chi connectivity index (χ0v) is 14.1. The van der Waals surface area contributed by atoms with Gasteiger partial charge in [0.15, 0.2) is 9.84 Å². The van der Waals surface area contributed by atoms with Crippen LogP contribution in [0.3, 0.4) is 0 Å².